The summed E-state index contributed by atoms with van der Waals surface area (Å²) in [6.07, 6.45) is 3.23. The number of aromatic nitrogens is 3. The minimum absolute atomic E-state index is 0.373. The van der Waals surface area contributed by atoms with Crippen molar-refractivity contribution in [3.8, 4) is 11.4 Å². The molecule has 0 bridgehead atoms. The second-order valence-electron chi connectivity index (χ2n) is 3.30. The van der Waals surface area contributed by atoms with E-state index >= 15 is 0 Å². The topological polar surface area (TPSA) is 72.0 Å². The lowest BCUT2D eigenvalue weighted by Crippen LogP contribution is -2.04. The maximum absolute atomic E-state index is 9.15. The number of hydrogen-bond acceptors (Lipinski definition) is 5. The molecule has 1 unspecified atom stereocenters. The average molecular weight is 205 g/mol. The summed E-state index contributed by atoms with van der Waals surface area (Å²) >= 11 is 0. The highest BCUT2D eigenvalue weighted by Gasteiger charge is 2.09. The Labute approximate surface area is 86.8 Å². The fraction of sp³-hybridized carbons (Fsp3) is 0.300. The molecule has 2 aromatic heterocycles. The monoisotopic (exact) mass is 205 g/mol. The van der Waals surface area contributed by atoms with Crippen LogP contribution >= 0.6 is 0 Å². The van der Waals surface area contributed by atoms with E-state index in [1.807, 2.05) is 0 Å². The van der Waals surface area contributed by atoms with Gasteiger partial charge in [0.2, 0.25) is 11.7 Å². The summed E-state index contributed by atoms with van der Waals surface area (Å²) in [5.41, 5.74) is 0.852. The maximum atomic E-state index is 9.15. The number of hydrogen-bond donors (Lipinski definition) is 1. The Balaban J connectivity index is 2.21. The van der Waals surface area contributed by atoms with E-state index in [4.69, 9.17) is 9.63 Å². The summed E-state index contributed by atoms with van der Waals surface area (Å²) in [6.45, 7) is 1.68. The molecular weight excluding hydrogens is 194 g/mol. The molecular formula is C10H11N3O2. The Morgan fingerprint density at radius 3 is 2.80 bits per heavy atom. The minimum atomic E-state index is -0.476. The highest BCUT2D eigenvalue weighted by atomic mass is 16.5. The Bertz CT molecular complexity index is 425. The lowest BCUT2D eigenvalue weighted by Gasteiger charge is -1.95. The second kappa shape index (κ2) is 4.18. The van der Waals surface area contributed by atoms with Crippen LogP contribution in [0.4, 0.5) is 0 Å². The molecule has 0 spiro atoms. The van der Waals surface area contributed by atoms with Crippen molar-refractivity contribution in [3.05, 3.63) is 30.4 Å². The fourth-order valence-electron chi connectivity index (χ4n) is 1.21. The van der Waals surface area contributed by atoms with Crippen molar-refractivity contribution in [3.63, 3.8) is 0 Å². The van der Waals surface area contributed by atoms with E-state index in [0.29, 0.717) is 18.1 Å². The molecule has 78 valence electrons. The number of aliphatic hydroxyl groups excluding tert-OH is 1. The third-order valence-electron chi connectivity index (χ3n) is 1.88. The Morgan fingerprint density at radius 1 is 1.40 bits per heavy atom. The van der Waals surface area contributed by atoms with Crippen LogP contribution in [0, 0.1) is 0 Å². The molecule has 0 saturated heterocycles. The molecule has 0 aliphatic rings. The van der Waals surface area contributed by atoms with Gasteiger partial charge in [0, 0.05) is 18.0 Å². The van der Waals surface area contributed by atoms with Crippen LogP contribution in [-0.4, -0.2) is 26.3 Å². The van der Waals surface area contributed by atoms with Crippen molar-refractivity contribution in [2.24, 2.45) is 0 Å². The molecule has 0 fully saturated rings. The van der Waals surface area contributed by atoms with Gasteiger partial charge in [0.25, 0.3) is 0 Å². The zero-order valence-electron chi connectivity index (χ0n) is 8.29. The summed E-state index contributed by atoms with van der Waals surface area (Å²) < 4.78 is 4.99. The largest absolute Gasteiger partial charge is 0.393 e. The SMILES string of the molecule is CC(O)Cc1nc(-c2ccncc2)no1. The smallest absolute Gasteiger partial charge is 0.229 e. The van der Waals surface area contributed by atoms with Gasteiger partial charge in [-0.3, -0.25) is 4.98 Å². The van der Waals surface area contributed by atoms with Gasteiger partial charge in [-0.2, -0.15) is 4.98 Å². The maximum Gasteiger partial charge on any atom is 0.229 e. The van der Waals surface area contributed by atoms with Gasteiger partial charge in [0.1, 0.15) is 0 Å². The van der Waals surface area contributed by atoms with E-state index in [1.54, 1.807) is 31.5 Å². The molecule has 15 heavy (non-hydrogen) atoms. The Kier molecular flexibility index (Phi) is 2.73. The van der Waals surface area contributed by atoms with E-state index in [0.717, 1.165) is 5.56 Å². The van der Waals surface area contributed by atoms with Crippen LogP contribution in [0.2, 0.25) is 0 Å². The van der Waals surface area contributed by atoms with E-state index < -0.39 is 6.10 Å². The molecule has 2 heterocycles. The van der Waals surface area contributed by atoms with E-state index in [2.05, 4.69) is 15.1 Å². The molecule has 0 amide bonds. The van der Waals surface area contributed by atoms with Gasteiger partial charge in [-0.05, 0) is 19.1 Å². The van der Waals surface area contributed by atoms with Crippen LogP contribution in [0.25, 0.3) is 11.4 Å². The van der Waals surface area contributed by atoms with Gasteiger partial charge in [-0.1, -0.05) is 5.16 Å². The Hall–Kier alpha value is -1.75. The first-order chi connectivity index (χ1) is 7.25. The number of pyridine rings is 1. The predicted octanol–water partition coefficient (Wildman–Crippen LogP) is 1.05. The van der Waals surface area contributed by atoms with Gasteiger partial charge in [0.05, 0.1) is 12.5 Å². The fourth-order valence-corrected chi connectivity index (χ4v) is 1.21. The van der Waals surface area contributed by atoms with Crippen LogP contribution in [0.15, 0.2) is 29.0 Å². The van der Waals surface area contributed by atoms with Crippen molar-refractivity contribution in [1.82, 2.24) is 15.1 Å². The van der Waals surface area contributed by atoms with Crippen LogP contribution in [-0.2, 0) is 6.42 Å². The number of rotatable bonds is 3. The molecule has 0 aliphatic heterocycles. The van der Waals surface area contributed by atoms with Crippen molar-refractivity contribution < 1.29 is 9.63 Å². The van der Waals surface area contributed by atoms with Crippen molar-refractivity contribution >= 4 is 0 Å². The summed E-state index contributed by atoms with van der Waals surface area (Å²) in [6, 6.07) is 3.61. The quantitative estimate of drug-likeness (QED) is 0.811. The highest BCUT2D eigenvalue weighted by Crippen LogP contribution is 2.14. The summed E-state index contributed by atoms with van der Waals surface area (Å²) in [4.78, 5) is 8.06. The Morgan fingerprint density at radius 2 is 2.13 bits per heavy atom. The van der Waals surface area contributed by atoms with Gasteiger partial charge in [-0.25, -0.2) is 0 Å². The molecule has 1 N–H and O–H groups in total. The van der Waals surface area contributed by atoms with Crippen molar-refractivity contribution in [2.45, 2.75) is 19.4 Å². The molecule has 0 saturated carbocycles. The predicted molar refractivity (Wildman–Crippen MR) is 52.9 cm³/mol. The third-order valence-corrected chi connectivity index (χ3v) is 1.88. The van der Waals surface area contributed by atoms with E-state index in [1.165, 1.54) is 0 Å². The normalized spacial score (nSPS) is 12.7. The molecule has 1 atom stereocenters. The van der Waals surface area contributed by atoms with Crippen LogP contribution < -0.4 is 0 Å². The molecule has 2 aromatic rings. The number of aliphatic hydroxyl groups is 1. The molecule has 5 heteroatoms. The third kappa shape index (κ3) is 2.38. The van der Waals surface area contributed by atoms with E-state index in [9.17, 15) is 0 Å². The molecule has 0 aromatic carbocycles. The van der Waals surface area contributed by atoms with E-state index in [-0.39, 0.29) is 0 Å². The molecule has 0 radical (unpaired) electrons. The molecule has 0 aliphatic carbocycles. The lowest BCUT2D eigenvalue weighted by molar-refractivity contribution is 0.181. The number of nitrogens with zero attached hydrogens (tertiary/aromatic N) is 3. The average Bonchev–Trinajstić information content (AvgIpc) is 2.67. The highest BCUT2D eigenvalue weighted by molar-refractivity contribution is 5.52. The second-order valence-corrected chi connectivity index (χ2v) is 3.30. The molecule has 5 nitrogen and oxygen atoms in total. The summed E-state index contributed by atoms with van der Waals surface area (Å²) in [7, 11) is 0. The minimum Gasteiger partial charge on any atom is -0.393 e. The first-order valence-electron chi connectivity index (χ1n) is 4.67. The van der Waals surface area contributed by atoms with Gasteiger partial charge in [-0.15, -0.1) is 0 Å². The zero-order valence-corrected chi connectivity index (χ0v) is 8.29. The molecule has 2 rings (SSSR count). The van der Waals surface area contributed by atoms with Gasteiger partial charge < -0.3 is 9.63 Å². The van der Waals surface area contributed by atoms with Crippen molar-refractivity contribution in [2.75, 3.05) is 0 Å². The summed E-state index contributed by atoms with van der Waals surface area (Å²) in [5.74, 6) is 0.963. The standard InChI is InChI=1S/C10H11N3O2/c1-7(14)6-9-12-10(13-15-9)8-2-4-11-5-3-8/h2-5,7,14H,6H2,1H3. The zero-order chi connectivity index (χ0) is 10.7. The first kappa shape index (κ1) is 9.79. The first-order valence-corrected chi connectivity index (χ1v) is 4.67. The van der Waals surface area contributed by atoms with Gasteiger partial charge in [0.15, 0.2) is 0 Å². The van der Waals surface area contributed by atoms with Crippen molar-refractivity contribution in [1.29, 1.82) is 0 Å². The summed E-state index contributed by atoms with van der Waals surface area (Å²) in [5, 5.41) is 13.0. The van der Waals surface area contributed by atoms with Crippen LogP contribution in [0.5, 0.6) is 0 Å². The van der Waals surface area contributed by atoms with Gasteiger partial charge >= 0.3 is 0 Å². The van der Waals surface area contributed by atoms with Crippen LogP contribution in [0.3, 0.4) is 0 Å². The lowest BCUT2D eigenvalue weighted by atomic mass is 10.2. The van der Waals surface area contributed by atoms with Crippen LogP contribution in [0.1, 0.15) is 12.8 Å².